The van der Waals surface area contributed by atoms with Crippen LogP contribution in [0, 0.1) is 6.92 Å². The summed E-state index contributed by atoms with van der Waals surface area (Å²) >= 11 is 0. The lowest BCUT2D eigenvalue weighted by Gasteiger charge is -2.10. The molecule has 0 unspecified atom stereocenters. The molecule has 0 saturated carbocycles. The van der Waals surface area contributed by atoms with Gasteiger partial charge in [-0.1, -0.05) is 0 Å². The van der Waals surface area contributed by atoms with E-state index in [-0.39, 0.29) is 21.7 Å². The summed E-state index contributed by atoms with van der Waals surface area (Å²) in [4.78, 5) is 23.6. The summed E-state index contributed by atoms with van der Waals surface area (Å²) in [6.45, 7) is 3.92. The van der Waals surface area contributed by atoms with Gasteiger partial charge in [-0.05, 0) is 32.0 Å². The number of esters is 2. The van der Waals surface area contributed by atoms with E-state index in [9.17, 15) is 18.0 Å². The van der Waals surface area contributed by atoms with E-state index >= 15 is 0 Å². The van der Waals surface area contributed by atoms with E-state index in [4.69, 9.17) is 0 Å². The van der Waals surface area contributed by atoms with Crippen LogP contribution in [-0.2, 0) is 26.0 Å². The minimum absolute atomic E-state index is 0.00226. The molecular formula is C16H19N3O6S. The zero-order chi connectivity index (χ0) is 19.5. The van der Waals surface area contributed by atoms with Crippen molar-refractivity contribution in [1.29, 1.82) is 0 Å². The molecule has 9 nitrogen and oxygen atoms in total. The van der Waals surface area contributed by atoms with Crippen LogP contribution in [0.25, 0.3) is 0 Å². The lowest BCUT2D eigenvalue weighted by molar-refractivity contribution is 0.0599. The number of ether oxygens (including phenoxy) is 2. The highest BCUT2D eigenvalue weighted by Gasteiger charge is 2.22. The van der Waals surface area contributed by atoms with Crippen LogP contribution in [0.15, 0.2) is 29.3 Å². The Hall–Kier alpha value is -2.88. The Morgan fingerprint density at radius 2 is 1.65 bits per heavy atom. The van der Waals surface area contributed by atoms with Crippen LogP contribution in [0.3, 0.4) is 0 Å². The highest BCUT2D eigenvalue weighted by Crippen LogP contribution is 2.22. The van der Waals surface area contributed by atoms with E-state index < -0.39 is 22.0 Å². The first-order valence-electron chi connectivity index (χ1n) is 7.60. The van der Waals surface area contributed by atoms with E-state index in [0.717, 1.165) is 0 Å². The van der Waals surface area contributed by atoms with E-state index in [0.29, 0.717) is 12.2 Å². The molecule has 1 heterocycles. The maximum Gasteiger partial charge on any atom is 0.337 e. The van der Waals surface area contributed by atoms with Gasteiger partial charge in [-0.15, -0.1) is 0 Å². The van der Waals surface area contributed by atoms with Crippen molar-refractivity contribution < 1.29 is 27.5 Å². The van der Waals surface area contributed by atoms with Crippen LogP contribution in [-0.4, -0.2) is 44.4 Å². The zero-order valence-corrected chi connectivity index (χ0v) is 15.6. The minimum atomic E-state index is -3.97. The molecule has 0 aliphatic rings. The van der Waals surface area contributed by atoms with Crippen LogP contribution in [0.2, 0.25) is 0 Å². The third-order valence-corrected chi connectivity index (χ3v) is 5.03. The Bertz CT molecular complexity index is 915. The standard InChI is InChI=1S/C16H19N3O6S/c1-5-19-9-14(10(2)17-19)26(22,23)18-13-7-11(15(20)24-3)6-12(8-13)16(21)25-4/h6-9,18H,5H2,1-4H3. The van der Waals surface area contributed by atoms with Gasteiger partial charge in [-0.2, -0.15) is 5.10 Å². The topological polar surface area (TPSA) is 117 Å². The van der Waals surface area contributed by atoms with Crippen molar-refractivity contribution in [3.05, 3.63) is 41.2 Å². The van der Waals surface area contributed by atoms with Crippen molar-refractivity contribution in [2.45, 2.75) is 25.3 Å². The van der Waals surface area contributed by atoms with Crippen LogP contribution in [0.5, 0.6) is 0 Å². The molecule has 0 bridgehead atoms. The number of carbonyl (C=O) groups excluding carboxylic acids is 2. The van der Waals surface area contributed by atoms with Crippen molar-refractivity contribution in [3.63, 3.8) is 0 Å². The summed E-state index contributed by atoms with van der Waals surface area (Å²) in [6, 6.07) is 3.81. The number of nitrogens with zero attached hydrogens (tertiary/aromatic N) is 2. The fourth-order valence-electron chi connectivity index (χ4n) is 2.29. The quantitative estimate of drug-likeness (QED) is 0.755. The smallest absolute Gasteiger partial charge is 0.337 e. The Kier molecular flexibility index (Phi) is 5.66. The number of methoxy groups -OCH3 is 2. The van der Waals surface area contributed by atoms with Gasteiger partial charge in [-0.3, -0.25) is 9.40 Å². The van der Waals surface area contributed by atoms with Crippen LogP contribution >= 0.6 is 0 Å². The lowest BCUT2D eigenvalue weighted by atomic mass is 10.1. The molecule has 1 aromatic heterocycles. The molecule has 0 saturated heterocycles. The zero-order valence-electron chi connectivity index (χ0n) is 14.8. The molecule has 2 rings (SSSR count). The highest BCUT2D eigenvalue weighted by molar-refractivity contribution is 7.92. The molecule has 0 aliphatic heterocycles. The van der Waals surface area contributed by atoms with Gasteiger partial charge < -0.3 is 9.47 Å². The maximum atomic E-state index is 12.7. The Labute approximate surface area is 151 Å². The Morgan fingerprint density at radius 3 is 2.08 bits per heavy atom. The molecule has 2 aromatic rings. The van der Waals surface area contributed by atoms with Gasteiger partial charge in [0, 0.05) is 12.7 Å². The Morgan fingerprint density at radius 1 is 1.12 bits per heavy atom. The molecule has 1 N–H and O–H groups in total. The number of aromatic nitrogens is 2. The number of anilines is 1. The van der Waals surface area contributed by atoms with Crippen molar-refractivity contribution in [1.82, 2.24) is 9.78 Å². The summed E-state index contributed by atoms with van der Waals surface area (Å²) in [5.74, 6) is -1.43. The number of sulfonamides is 1. The molecule has 0 atom stereocenters. The second-order valence-corrected chi connectivity index (χ2v) is 6.97. The molecular weight excluding hydrogens is 362 g/mol. The van der Waals surface area contributed by atoms with Gasteiger partial charge >= 0.3 is 11.9 Å². The maximum absolute atomic E-state index is 12.7. The average Bonchev–Trinajstić information content (AvgIpc) is 3.01. The molecule has 0 spiro atoms. The normalized spacial score (nSPS) is 11.1. The van der Waals surface area contributed by atoms with Gasteiger partial charge in [0.05, 0.1) is 36.7 Å². The summed E-state index contributed by atoms with van der Waals surface area (Å²) in [5.41, 5.74) is 0.372. The number of nitrogens with one attached hydrogen (secondary N) is 1. The predicted molar refractivity (Wildman–Crippen MR) is 92.6 cm³/mol. The van der Waals surface area contributed by atoms with E-state index in [1.807, 2.05) is 6.92 Å². The SMILES string of the molecule is CCn1cc(S(=O)(=O)Nc2cc(C(=O)OC)cc(C(=O)OC)c2)c(C)n1. The number of hydrogen-bond donors (Lipinski definition) is 1. The third-order valence-electron chi connectivity index (χ3n) is 3.54. The molecule has 0 amide bonds. The number of carbonyl (C=O) groups is 2. The van der Waals surface area contributed by atoms with E-state index in [1.54, 1.807) is 6.92 Å². The lowest BCUT2D eigenvalue weighted by Crippen LogP contribution is -2.15. The molecule has 0 fully saturated rings. The van der Waals surface area contributed by atoms with Crippen LogP contribution in [0.4, 0.5) is 5.69 Å². The van der Waals surface area contributed by atoms with E-state index in [1.165, 1.54) is 43.3 Å². The molecule has 140 valence electrons. The fraction of sp³-hybridized carbons (Fsp3) is 0.312. The molecule has 0 radical (unpaired) electrons. The molecule has 26 heavy (non-hydrogen) atoms. The largest absolute Gasteiger partial charge is 0.465 e. The van der Waals surface area contributed by atoms with Gasteiger partial charge in [0.25, 0.3) is 10.0 Å². The number of benzene rings is 1. The van der Waals surface area contributed by atoms with Gasteiger partial charge in [0.1, 0.15) is 4.90 Å². The minimum Gasteiger partial charge on any atom is -0.465 e. The highest BCUT2D eigenvalue weighted by atomic mass is 32.2. The third kappa shape index (κ3) is 4.02. The molecule has 10 heteroatoms. The predicted octanol–water partition coefficient (Wildman–Crippen LogP) is 1.59. The van der Waals surface area contributed by atoms with Crippen molar-refractivity contribution in [2.75, 3.05) is 18.9 Å². The molecule has 1 aromatic carbocycles. The first-order chi connectivity index (χ1) is 12.2. The van der Waals surface area contributed by atoms with Crippen LogP contribution < -0.4 is 4.72 Å². The number of aryl methyl sites for hydroxylation is 2. The first-order valence-corrected chi connectivity index (χ1v) is 9.08. The van der Waals surface area contributed by atoms with E-state index in [2.05, 4.69) is 19.3 Å². The fourth-order valence-corrected chi connectivity index (χ4v) is 3.52. The van der Waals surface area contributed by atoms with Crippen molar-refractivity contribution in [2.24, 2.45) is 0 Å². The summed E-state index contributed by atoms with van der Waals surface area (Å²) in [7, 11) is -1.61. The second kappa shape index (κ2) is 7.56. The number of hydrogen-bond acceptors (Lipinski definition) is 7. The average molecular weight is 381 g/mol. The second-order valence-electron chi connectivity index (χ2n) is 5.32. The Balaban J connectivity index is 2.48. The van der Waals surface area contributed by atoms with Gasteiger partial charge in [-0.25, -0.2) is 18.0 Å². The monoisotopic (exact) mass is 381 g/mol. The summed E-state index contributed by atoms with van der Waals surface area (Å²) in [5, 5.41) is 4.10. The molecule has 0 aliphatic carbocycles. The summed E-state index contributed by atoms with van der Waals surface area (Å²) < 4.78 is 38.4. The van der Waals surface area contributed by atoms with Crippen molar-refractivity contribution in [3.8, 4) is 0 Å². The summed E-state index contributed by atoms with van der Waals surface area (Å²) in [6.07, 6.45) is 1.41. The van der Waals surface area contributed by atoms with Gasteiger partial charge in [0.15, 0.2) is 0 Å². The van der Waals surface area contributed by atoms with Crippen molar-refractivity contribution >= 4 is 27.6 Å². The van der Waals surface area contributed by atoms with Crippen LogP contribution in [0.1, 0.15) is 33.3 Å². The van der Waals surface area contributed by atoms with Gasteiger partial charge in [0.2, 0.25) is 0 Å². The first kappa shape index (κ1) is 19.4. The number of rotatable bonds is 6.